The predicted octanol–water partition coefficient (Wildman–Crippen LogP) is 2.89. The lowest BCUT2D eigenvalue weighted by molar-refractivity contribution is 0.600. The molecule has 1 aromatic carbocycles. The Bertz CT molecular complexity index is 506. The Balaban J connectivity index is 2.99. The van der Waals surface area contributed by atoms with Crippen LogP contribution in [0.3, 0.4) is 0 Å². The number of benzene rings is 1. The largest absolute Gasteiger partial charge is 0.376 e. The van der Waals surface area contributed by atoms with Gasteiger partial charge in [-0.2, -0.15) is 0 Å². The summed E-state index contributed by atoms with van der Waals surface area (Å²) >= 11 is 8.84. The van der Waals surface area contributed by atoms with Gasteiger partial charge in [-0.25, -0.2) is 8.42 Å². The highest BCUT2D eigenvalue weighted by Gasteiger charge is 2.13. The normalized spacial score (nSPS) is 11.3. The van der Waals surface area contributed by atoms with E-state index in [0.29, 0.717) is 18.0 Å². The summed E-state index contributed by atoms with van der Waals surface area (Å²) in [6.07, 6.45) is 0.433. The molecular weight excluding hydrogens is 340 g/mol. The van der Waals surface area contributed by atoms with Crippen molar-refractivity contribution in [3.63, 3.8) is 0 Å². The van der Waals surface area contributed by atoms with Gasteiger partial charge in [-0.15, -0.1) is 11.6 Å². The van der Waals surface area contributed by atoms with Crippen molar-refractivity contribution in [2.24, 2.45) is 0 Å². The Hall–Kier alpha value is -0.460. The monoisotopic (exact) mass is 354 g/mol. The molecule has 0 spiro atoms. The summed E-state index contributed by atoms with van der Waals surface area (Å²) in [6, 6.07) is 5.46. The first-order valence-electron chi connectivity index (χ1n) is 5.39. The third-order valence-corrected chi connectivity index (χ3v) is 4.37. The number of hydrogen-bond donors (Lipinski definition) is 1. The summed E-state index contributed by atoms with van der Waals surface area (Å²) in [7, 11) is 0.370. The zero-order chi connectivity index (χ0) is 13.8. The first kappa shape index (κ1) is 15.6. The van der Waals surface area contributed by atoms with Gasteiger partial charge in [0.15, 0.2) is 0 Å². The molecule has 102 valence electrons. The second-order valence-electron chi connectivity index (χ2n) is 4.02. The van der Waals surface area contributed by atoms with Crippen LogP contribution in [-0.4, -0.2) is 34.1 Å². The van der Waals surface area contributed by atoms with Crippen LogP contribution in [0, 0.1) is 0 Å². The number of nitrogens with one attached hydrogen (secondary N) is 1. The van der Waals surface area contributed by atoms with Crippen LogP contribution >= 0.6 is 27.5 Å². The molecule has 4 nitrogen and oxygen atoms in total. The average Bonchev–Trinajstić information content (AvgIpc) is 2.25. The van der Waals surface area contributed by atoms with Crippen molar-refractivity contribution in [2.45, 2.75) is 6.42 Å². The molecule has 0 aromatic heterocycles. The molecule has 0 bridgehead atoms. The second kappa shape index (κ2) is 6.63. The molecule has 0 aliphatic carbocycles. The number of nitrogens with zero attached hydrogens (tertiary/aromatic N) is 1. The minimum atomic E-state index is -3.35. The second-order valence-corrected chi connectivity index (χ2v) is 7.15. The van der Waals surface area contributed by atoms with E-state index in [1.165, 1.54) is 0 Å². The number of sulfonamides is 1. The van der Waals surface area contributed by atoms with E-state index >= 15 is 0 Å². The molecule has 0 radical (unpaired) electrons. The molecule has 0 unspecified atom stereocenters. The molecule has 0 amide bonds. The van der Waals surface area contributed by atoms with Gasteiger partial charge in [0.1, 0.15) is 0 Å². The maximum Gasteiger partial charge on any atom is 0.232 e. The van der Waals surface area contributed by atoms with Crippen LogP contribution in [-0.2, 0) is 10.0 Å². The average molecular weight is 356 g/mol. The molecule has 18 heavy (non-hydrogen) atoms. The summed E-state index contributed by atoms with van der Waals surface area (Å²) in [5, 5.41) is 0. The molecule has 1 aromatic rings. The van der Waals surface area contributed by atoms with E-state index < -0.39 is 10.0 Å². The topological polar surface area (TPSA) is 49.4 Å². The van der Waals surface area contributed by atoms with Gasteiger partial charge in [0, 0.05) is 24.4 Å². The molecule has 1 rings (SSSR count). The number of rotatable bonds is 6. The molecular formula is C11H16BrClN2O2S. The van der Waals surface area contributed by atoms with Crippen LogP contribution in [0.2, 0.25) is 0 Å². The molecule has 0 aliphatic heterocycles. The van der Waals surface area contributed by atoms with E-state index in [9.17, 15) is 8.42 Å². The Morgan fingerprint density at radius 3 is 2.61 bits per heavy atom. The lowest BCUT2D eigenvalue weighted by Crippen LogP contribution is -2.19. The van der Waals surface area contributed by atoms with Crippen LogP contribution in [0.15, 0.2) is 22.7 Å². The van der Waals surface area contributed by atoms with Crippen molar-refractivity contribution in [2.75, 3.05) is 35.4 Å². The van der Waals surface area contributed by atoms with E-state index in [2.05, 4.69) is 20.7 Å². The molecule has 0 aliphatic rings. The van der Waals surface area contributed by atoms with E-state index in [1.807, 2.05) is 31.1 Å². The Kier molecular flexibility index (Phi) is 5.75. The minimum Gasteiger partial charge on any atom is -0.376 e. The van der Waals surface area contributed by atoms with Crippen LogP contribution < -0.4 is 9.62 Å². The third-order valence-electron chi connectivity index (χ3n) is 2.25. The first-order valence-corrected chi connectivity index (χ1v) is 8.37. The number of anilines is 2. The van der Waals surface area contributed by atoms with E-state index in [0.717, 1.165) is 10.2 Å². The fraction of sp³-hybridized carbons (Fsp3) is 0.455. The fourth-order valence-electron chi connectivity index (χ4n) is 1.44. The summed E-state index contributed by atoms with van der Waals surface area (Å²) in [5.74, 6) is 0.357. The fourth-order valence-corrected chi connectivity index (χ4v) is 3.22. The Labute approximate surface area is 121 Å². The van der Waals surface area contributed by atoms with Gasteiger partial charge in [-0.3, -0.25) is 4.72 Å². The standard InChI is InChI=1S/C11H16BrClN2O2S/c1-15(2)11-5-4-9(12)8-10(11)14-18(16,17)7-3-6-13/h4-5,8,14H,3,6-7H2,1-2H3. The van der Waals surface area contributed by atoms with Crippen molar-refractivity contribution in [3.8, 4) is 0 Å². The summed E-state index contributed by atoms with van der Waals surface area (Å²) < 4.78 is 27.1. The van der Waals surface area contributed by atoms with Crippen molar-refractivity contribution in [1.29, 1.82) is 0 Å². The van der Waals surface area contributed by atoms with Crippen LogP contribution in [0.1, 0.15) is 6.42 Å². The molecule has 7 heteroatoms. The van der Waals surface area contributed by atoms with Crippen molar-refractivity contribution in [1.82, 2.24) is 0 Å². The molecule has 0 saturated heterocycles. The smallest absolute Gasteiger partial charge is 0.232 e. The van der Waals surface area contributed by atoms with Crippen molar-refractivity contribution in [3.05, 3.63) is 22.7 Å². The lowest BCUT2D eigenvalue weighted by atomic mass is 10.2. The Morgan fingerprint density at radius 1 is 1.39 bits per heavy atom. The third kappa shape index (κ3) is 4.66. The predicted molar refractivity (Wildman–Crippen MR) is 81.2 cm³/mol. The van der Waals surface area contributed by atoms with Crippen LogP contribution in [0.4, 0.5) is 11.4 Å². The summed E-state index contributed by atoms with van der Waals surface area (Å²) in [4.78, 5) is 1.85. The molecule has 0 fully saturated rings. The first-order chi connectivity index (χ1) is 8.35. The van der Waals surface area contributed by atoms with Crippen molar-refractivity contribution >= 4 is 48.9 Å². The zero-order valence-electron chi connectivity index (χ0n) is 10.3. The van der Waals surface area contributed by atoms with Gasteiger partial charge >= 0.3 is 0 Å². The maximum atomic E-state index is 11.8. The van der Waals surface area contributed by atoms with E-state index in [4.69, 9.17) is 11.6 Å². The minimum absolute atomic E-state index is 0.0237. The van der Waals surface area contributed by atoms with Gasteiger partial charge in [-0.1, -0.05) is 15.9 Å². The van der Waals surface area contributed by atoms with Gasteiger partial charge < -0.3 is 4.90 Å². The maximum absolute atomic E-state index is 11.8. The highest BCUT2D eigenvalue weighted by molar-refractivity contribution is 9.10. The van der Waals surface area contributed by atoms with Crippen LogP contribution in [0.25, 0.3) is 0 Å². The number of hydrogen-bond acceptors (Lipinski definition) is 3. The highest BCUT2D eigenvalue weighted by Crippen LogP contribution is 2.28. The molecule has 0 saturated carbocycles. The van der Waals surface area contributed by atoms with Gasteiger partial charge in [0.25, 0.3) is 0 Å². The zero-order valence-corrected chi connectivity index (χ0v) is 13.4. The molecule has 0 atom stereocenters. The Morgan fingerprint density at radius 2 is 2.06 bits per heavy atom. The number of halogens is 2. The highest BCUT2D eigenvalue weighted by atomic mass is 79.9. The van der Waals surface area contributed by atoms with Gasteiger partial charge in [0.05, 0.1) is 17.1 Å². The SMILES string of the molecule is CN(C)c1ccc(Br)cc1NS(=O)(=O)CCCCl. The molecule has 1 N–H and O–H groups in total. The van der Waals surface area contributed by atoms with Crippen LogP contribution in [0.5, 0.6) is 0 Å². The van der Waals surface area contributed by atoms with E-state index in [1.54, 1.807) is 6.07 Å². The van der Waals surface area contributed by atoms with Crippen molar-refractivity contribution < 1.29 is 8.42 Å². The van der Waals surface area contributed by atoms with E-state index in [-0.39, 0.29) is 5.75 Å². The summed E-state index contributed by atoms with van der Waals surface area (Å²) in [6.45, 7) is 0. The summed E-state index contributed by atoms with van der Waals surface area (Å²) in [5.41, 5.74) is 1.37. The van der Waals surface area contributed by atoms with Gasteiger partial charge in [0.2, 0.25) is 10.0 Å². The molecule has 0 heterocycles. The number of alkyl halides is 1. The van der Waals surface area contributed by atoms with Gasteiger partial charge in [-0.05, 0) is 24.6 Å². The lowest BCUT2D eigenvalue weighted by Gasteiger charge is -2.18. The quantitative estimate of drug-likeness (QED) is 0.798.